The van der Waals surface area contributed by atoms with Crippen LogP contribution in [0.3, 0.4) is 0 Å². The smallest absolute Gasteiger partial charge is 0.322 e. The van der Waals surface area contributed by atoms with Crippen LogP contribution in [-0.2, 0) is 0 Å². The van der Waals surface area contributed by atoms with Gasteiger partial charge in [-0.15, -0.1) is 11.3 Å². The second-order valence-corrected chi connectivity index (χ2v) is 8.80. The van der Waals surface area contributed by atoms with E-state index in [9.17, 15) is 4.79 Å². The number of hydrogen-bond acceptors (Lipinski definition) is 8. The number of piperazine rings is 1. The van der Waals surface area contributed by atoms with Gasteiger partial charge >= 0.3 is 6.01 Å². The monoisotopic (exact) mass is 416 g/mol. The fourth-order valence-corrected chi connectivity index (χ4v) is 4.63. The second-order valence-electron chi connectivity index (χ2n) is 7.51. The van der Waals surface area contributed by atoms with Gasteiger partial charge < -0.3 is 19.4 Å². The van der Waals surface area contributed by atoms with Gasteiger partial charge in [0.15, 0.2) is 0 Å². The number of aryl methyl sites for hydroxylation is 1. The molecule has 2 aliphatic rings. The SMILES string of the molecule is COc1nc(N2CCCCCC2)nc(N2CCN(C(=O)c3ccc(C)s3)CC2)n1. The third kappa shape index (κ3) is 4.60. The number of ether oxygens (including phenoxy) is 1. The predicted molar refractivity (Wildman–Crippen MR) is 114 cm³/mol. The van der Waals surface area contributed by atoms with Gasteiger partial charge in [0, 0.05) is 44.1 Å². The highest BCUT2D eigenvalue weighted by Gasteiger charge is 2.26. The Balaban J connectivity index is 1.46. The Labute approximate surface area is 175 Å². The van der Waals surface area contributed by atoms with Crippen molar-refractivity contribution in [2.24, 2.45) is 0 Å². The van der Waals surface area contributed by atoms with E-state index in [2.05, 4.69) is 19.8 Å². The van der Waals surface area contributed by atoms with Gasteiger partial charge in [0.2, 0.25) is 11.9 Å². The Morgan fingerprint density at radius 3 is 2.07 bits per heavy atom. The summed E-state index contributed by atoms with van der Waals surface area (Å²) >= 11 is 1.55. The third-order valence-corrected chi connectivity index (χ3v) is 6.45. The van der Waals surface area contributed by atoms with Gasteiger partial charge in [-0.1, -0.05) is 12.8 Å². The highest BCUT2D eigenvalue weighted by atomic mass is 32.1. The van der Waals surface area contributed by atoms with E-state index in [1.54, 1.807) is 18.4 Å². The average Bonchev–Trinajstić information content (AvgIpc) is 3.02. The Morgan fingerprint density at radius 1 is 0.897 bits per heavy atom. The molecule has 9 heteroatoms. The number of thiophene rings is 1. The normalized spacial score (nSPS) is 17.9. The average molecular weight is 417 g/mol. The number of anilines is 2. The molecule has 0 unspecified atom stereocenters. The fourth-order valence-electron chi connectivity index (χ4n) is 3.80. The summed E-state index contributed by atoms with van der Waals surface area (Å²) in [5, 5.41) is 0. The zero-order chi connectivity index (χ0) is 20.2. The molecule has 0 spiro atoms. The first-order valence-electron chi connectivity index (χ1n) is 10.3. The van der Waals surface area contributed by atoms with Crippen molar-refractivity contribution in [1.29, 1.82) is 0 Å². The summed E-state index contributed by atoms with van der Waals surface area (Å²) in [6, 6.07) is 4.26. The van der Waals surface area contributed by atoms with Crippen LogP contribution in [0.5, 0.6) is 6.01 Å². The van der Waals surface area contributed by atoms with Crippen LogP contribution in [0.1, 0.15) is 40.2 Å². The Morgan fingerprint density at radius 2 is 1.52 bits per heavy atom. The minimum absolute atomic E-state index is 0.112. The van der Waals surface area contributed by atoms with E-state index < -0.39 is 0 Å². The van der Waals surface area contributed by atoms with Gasteiger partial charge in [-0.05, 0) is 31.9 Å². The number of nitrogens with zero attached hydrogens (tertiary/aromatic N) is 6. The van der Waals surface area contributed by atoms with Crippen LogP contribution in [0.4, 0.5) is 11.9 Å². The van der Waals surface area contributed by atoms with E-state index >= 15 is 0 Å². The van der Waals surface area contributed by atoms with E-state index in [1.165, 1.54) is 12.8 Å². The molecule has 0 aromatic carbocycles. The molecule has 8 nitrogen and oxygen atoms in total. The summed E-state index contributed by atoms with van der Waals surface area (Å²) < 4.78 is 5.35. The molecule has 1 amide bonds. The molecule has 2 aliphatic heterocycles. The summed E-state index contributed by atoms with van der Waals surface area (Å²) in [4.78, 5) is 34.7. The molecule has 156 valence electrons. The zero-order valence-electron chi connectivity index (χ0n) is 17.1. The highest BCUT2D eigenvalue weighted by molar-refractivity contribution is 7.13. The first kappa shape index (κ1) is 19.9. The van der Waals surface area contributed by atoms with Gasteiger partial charge in [0.05, 0.1) is 12.0 Å². The van der Waals surface area contributed by atoms with Gasteiger partial charge in [0.25, 0.3) is 5.91 Å². The maximum absolute atomic E-state index is 12.7. The molecule has 0 N–H and O–H groups in total. The largest absolute Gasteiger partial charge is 0.467 e. The van der Waals surface area contributed by atoms with E-state index in [4.69, 9.17) is 9.72 Å². The molecule has 2 fully saturated rings. The van der Waals surface area contributed by atoms with E-state index in [1.807, 2.05) is 24.0 Å². The van der Waals surface area contributed by atoms with Crippen molar-refractivity contribution in [3.05, 3.63) is 21.9 Å². The van der Waals surface area contributed by atoms with E-state index in [0.29, 0.717) is 44.1 Å². The first-order valence-corrected chi connectivity index (χ1v) is 11.1. The van der Waals surface area contributed by atoms with Crippen LogP contribution in [-0.4, -0.2) is 72.1 Å². The number of carbonyl (C=O) groups is 1. The van der Waals surface area contributed by atoms with Crippen LogP contribution in [0.2, 0.25) is 0 Å². The molecule has 0 saturated carbocycles. The summed E-state index contributed by atoms with van der Waals surface area (Å²) in [6.07, 6.45) is 4.83. The Hall–Kier alpha value is -2.42. The molecular weight excluding hydrogens is 388 g/mol. The molecule has 4 rings (SSSR count). The van der Waals surface area contributed by atoms with Crippen LogP contribution < -0.4 is 14.5 Å². The van der Waals surface area contributed by atoms with Crippen LogP contribution >= 0.6 is 11.3 Å². The topological polar surface area (TPSA) is 74.7 Å². The van der Waals surface area contributed by atoms with Gasteiger partial charge in [0.1, 0.15) is 0 Å². The quantitative estimate of drug-likeness (QED) is 0.758. The van der Waals surface area contributed by atoms with Crippen molar-refractivity contribution in [3.63, 3.8) is 0 Å². The molecular formula is C20H28N6O2S. The van der Waals surface area contributed by atoms with Gasteiger partial charge in [-0.25, -0.2) is 0 Å². The van der Waals surface area contributed by atoms with E-state index in [0.717, 1.165) is 35.7 Å². The molecule has 0 bridgehead atoms. The van der Waals surface area contributed by atoms with E-state index in [-0.39, 0.29) is 5.91 Å². The number of carbonyl (C=O) groups excluding carboxylic acids is 1. The molecule has 2 aromatic heterocycles. The molecule has 29 heavy (non-hydrogen) atoms. The zero-order valence-corrected chi connectivity index (χ0v) is 18.0. The molecule has 2 saturated heterocycles. The Kier molecular flexibility index (Phi) is 6.13. The second kappa shape index (κ2) is 8.94. The van der Waals surface area contributed by atoms with Crippen LogP contribution in [0, 0.1) is 6.92 Å². The van der Waals surface area contributed by atoms with Crippen LogP contribution in [0.15, 0.2) is 12.1 Å². The maximum atomic E-state index is 12.7. The number of methoxy groups -OCH3 is 1. The summed E-state index contributed by atoms with van der Waals surface area (Å²) in [7, 11) is 1.59. The van der Waals surface area contributed by atoms with Gasteiger partial charge in [-0.2, -0.15) is 15.0 Å². The number of amides is 1. The molecule has 4 heterocycles. The first-order chi connectivity index (χ1) is 14.1. The van der Waals surface area contributed by atoms with Crippen molar-refractivity contribution in [2.45, 2.75) is 32.6 Å². The fraction of sp³-hybridized carbons (Fsp3) is 0.600. The van der Waals surface area contributed by atoms with Crippen molar-refractivity contribution in [2.75, 3.05) is 56.2 Å². The lowest BCUT2D eigenvalue weighted by molar-refractivity contribution is 0.0751. The summed E-state index contributed by atoms with van der Waals surface area (Å²) in [5.74, 6) is 1.44. The summed E-state index contributed by atoms with van der Waals surface area (Å²) in [5.41, 5.74) is 0. The number of rotatable bonds is 4. The lowest BCUT2D eigenvalue weighted by Crippen LogP contribution is -2.49. The summed E-state index contributed by atoms with van der Waals surface area (Å²) in [6.45, 7) is 6.66. The lowest BCUT2D eigenvalue weighted by atomic mass is 10.2. The predicted octanol–water partition coefficient (Wildman–Crippen LogP) is 2.59. The van der Waals surface area contributed by atoms with Crippen molar-refractivity contribution in [3.8, 4) is 6.01 Å². The lowest BCUT2D eigenvalue weighted by Gasteiger charge is -2.34. The minimum Gasteiger partial charge on any atom is -0.467 e. The standard InChI is InChI=1S/C20H28N6O2S/c1-15-7-8-16(29-15)17(27)24-11-13-26(14-12-24)19-21-18(22-20(23-19)28-2)25-9-5-3-4-6-10-25/h7-8H,3-6,9-14H2,1-2H3. The van der Waals surface area contributed by atoms with Crippen molar-refractivity contribution < 1.29 is 9.53 Å². The maximum Gasteiger partial charge on any atom is 0.322 e. The molecule has 0 aliphatic carbocycles. The minimum atomic E-state index is 0.112. The molecule has 0 atom stereocenters. The molecule has 2 aromatic rings. The number of aromatic nitrogens is 3. The van der Waals surface area contributed by atoms with Crippen LogP contribution in [0.25, 0.3) is 0 Å². The third-order valence-electron chi connectivity index (χ3n) is 5.46. The van der Waals surface area contributed by atoms with Crippen molar-refractivity contribution in [1.82, 2.24) is 19.9 Å². The Bertz CT molecular complexity index is 841. The highest BCUT2D eigenvalue weighted by Crippen LogP contribution is 2.23. The molecule has 0 radical (unpaired) electrons. The van der Waals surface area contributed by atoms with Crippen molar-refractivity contribution >= 4 is 29.1 Å². The number of hydrogen-bond donors (Lipinski definition) is 0. The van der Waals surface area contributed by atoms with Gasteiger partial charge in [-0.3, -0.25) is 4.79 Å².